The first-order chi connectivity index (χ1) is 18.7. The fourth-order valence-electron chi connectivity index (χ4n) is 4.80. The van der Waals surface area contributed by atoms with Gasteiger partial charge >= 0.3 is 6.18 Å². The number of rotatable bonds is 7. The lowest BCUT2D eigenvalue weighted by molar-refractivity contribution is -0.137. The van der Waals surface area contributed by atoms with Crippen LogP contribution in [0.2, 0.25) is 0 Å². The molecule has 2 aliphatic heterocycles. The Bertz CT molecular complexity index is 1060. The lowest BCUT2D eigenvalue weighted by Crippen LogP contribution is -2.38. The standard InChI is InChI=1S/C19H21F3N4O2.C9H18O2/c1-12-6-8-26(9-7-12)18(27)15-16(28-2)17(24-11-23-15)25-14-5-3-4-13(10-14)19(20,21)22;1-3-4-8-5-6-11-7-9(8)10-2/h3-5,10-12H,6-9H2,1-2H3,(H,23,24,25);8-9H,3-7H2,1-2H3/t;8-,9?/m.0/s1. The zero-order chi connectivity index (χ0) is 28.4. The number of hydrogen-bond acceptors (Lipinski definition) is 7. The number of alkyl halides is 3. The summed E-state index contributed by atoms with van der Waals surface area (Å²) in [5.74, 6) is 1.25. The van der Waals surface area contributed by atoms with Crippen LogP contribution in [0.15, 0.2) is 30.6 Å². The first-order valence-electron chi connectivity index (χ1n) is 13.4. The third-order valence-corrected chi connectivity index (χ3v) is 7.14. The number of piperidine rings is 1. The highest BCUT2D eigenvalue weighted by molar-refractivity contribution is 5.96. The Balaban J connectivity index is 0.000000320. The molecule has 2 saturated heterocycles. The van der Waals surface area contributed by atoms with E-state index in [1.54, 1.807) is 12.0 Å². The molecule has 2 fully saturated rings. The second-order valence-corrected chi connectivity index (χ2v) is 9.97. The Kier molecular flexibility index (Phi) is 11.4. The molecule has 8 nitrogen and oxygen atoms in total. The van der Waals surface area contributed by atoms with E-state index in [1.807, 2.05) is 0 Å². The van der Waals surface area contributed by atoms with Gasteiger partial charge in [-0.3, -0.25) is 4.79 Å². The average molecular weight is 553 g/mol. The number of likely N-dealkylation sites (tertiary alicyclic amines) is 1. The molecule has 1 amide bonds. The minimum absolute atomic E-state index is 0.0847. The van der Waals surface area contributed by atoms with Gasteiger partial charge in [-0.1, -0.05) is 26.3 Å². The zero-order valence-electron chi connectivity index (χ0n) is 23.1. The maximum absolute atomic E-state index is 12.9. The minimum Gasteiger partial charge on any atom is -0.491 e. The Hall–Kier alpha value is -2.92. The van der Waals surface area contributed by atoms with Gasteiger partial charge in [-0.25, -0.2) is 9.97 Å². The van der Waals surface area contributed by atoms with E-state index in [4.69, 9.17) is 14.2 Å². The van der Waals surface area contributed by atoms with Gasteiger partial charge in [-0.05, 0) is 55.7 Å². The number of aromatic nitrogens is 2. The lowest BCUT2D eigenvalue weighted by Gasteiger charge is -2.30. The van der Waals surface area contributed by atoms with Crippen LogP contribution in [0, 0.1) is 11.8 Å². The van der Waals surface area contributed by atoms with Crippen molar-refractivity contribution in [2.24, 2.45) is 11.8 Å². The van der Waals surface area contributed by atoms with Gasteiger partial charge in [0, 0.05) is 32.5 Å². The number of nitrogens with zero attached hydrogens (tertiary/aromatic N) is 3. The summed E-state index contributed by atoms with van der Waals surface area (Å²) in [6, 6.07) is 4.72. The van der Waals surface area contributed by atoms with Crippen LogP contribution in [0.4, 0.5) is 24.7 Å². The number of nitrogens with one attached hydrogen (secondary N) is 1. The summed E-state index contributed by atoms with van der Waals surface area (Å²) in [6.07, 6.45) is 2.61. The molecule has 3 heterocycles. The molecule has 0 aliphatic carbocycles. The molecule has 1 aromatic heterocycles. The SMILES string of the molecule is CCC[C@H]1CCOCC1OC.COc1c(Nc2cccc(C(F)(F)F)c2)ncnc1C(=O)N1CCC(C)CC1. The van der Waals surface area contributed by atoms with E-state index in [-0.39, 0.29) is 28.9 Å². The molecule has 0 saturated carbocycles. The molecule has 1 unspecified atom stereocenters. The quantitative estimate of drug-likeness (QED) is 0.454. The van der Waals surface area contributed by atoms with Gasteiger partial charge < -0.3 is 24.4 Å². The van der Waals surface area contributed by atoms with Crippen molar-refractivity contribution in [3.8, 4) is 5.75 Å². The highest BCUT2D eigenvalue weighted by Crippen LogP contribution is 2.33. The van der Waals surface area contributed by atoms with Gasteiger partial charge in [0.25, 0.3) is 5.91 Å². The van der Waals surface area contributed by atoms with E-state index in [1.165, 1.54) is 44.8 Å². The van der Waals surface area contributed by atoms with E-state index in [0.717, 1.165) is 44.1 Å². The van der Waals surface area contributed by atoms with Crippen molar-refractivity contribution in [2.45, 2.75) is 58.2 Å². The number of halogens is 3. The van der Waals surface area contributed by atoms with Gasteiger partial charge in [0.1, 0.15) is 6.33 Å². The van der Waals surface area contributed by atoms with Crippen LogP contribution < -0.4 is 10.1 Å². The molecule has 0 bridgehead atoms. The second kappa shape index (κ2) is 14.5. The third-order valence-electron chi connectivity index (χ3n) is 7.14. The van der Waals surface area contributed by atoms with Crippen molar-refractivity contribution in [1.29, 1.82) is 0 Å². The highest BCUT2D eigenvalue weighted by atomic mass is 19.4. The summed E-state index contributed by atoms with van der Waals surface area (Å²) < 4.78 is 54.8. The van der Waals surface area contributed by atoms with Crippen LogP contribution in [0.5, 0.6) is 5.75 Å². The normalized spacial score (nSPS) is 20.1. The largest absolute Gasteiger partial charge is 0.491 e. The van der Waals surface area contributed by atoms with Crippen molar-refractivity contribution in [3.63, 3.8) is 0 Å². The van der Waals surface area contributed by atoms with Crippen molar-refractivity contribution >= 4 is 17.4 Å². The van der Waals surface area contributed by atoms with Crippen molar-refractivity contribution in [3.05, 3.63) is 41.9 Å². The number of carbonyl (C=O) groups excluding carboxylic acids is 1. The molecule has 1 N–H and O–H groups in total. The number of amides is 1. The van der Waals surface area contributed by atoms with Crippen molar-refractivity contribution in [2.75, 3.05) is 45.8 Å². The highest BCUT2D eigenvalue weighted by Gasteiger charge is 2.31. The van der Waals surface area contributed by atoms with E-state index in [9.17, 15) is 18.0 Å². The molecular weight excluding hydrogens is 513 g/mol. The molecule has 4 rings (SSSR count). The molecule has 2 atom stereocenters. The summed E-state index contributed by atoms with van der Waals surface area (Å²) >= 11 is 0. The van der Waals surface area contributed by atoms with Crippen LogP contribution in [0.1, 0.15) is 62.0 Å². The number of ether oxygens (including phenoxy) is 3. The predicted molar refractivity (Wildman–Crippen MR) is 142 cm³/mol. The topological polar surface area (TPSA) is 85.8 Å². The molecule has 39 heavy (non-hydrogen) atoms. The van der Waals surface area contributed by atoms with Crippen molar-refractivity contribution < 1.29 is 32.2 Å². The van der Waals surface area contributed by atoms with E-state index < -0.39 is 11.7 Å². The average Bonchev–Trinajstić information content (AvgIpc) is 2.93. The first kappa shape index (κ1) is 30.6. The summed E-state index contributed by atoms with van der Waals surface area (Å²) in [6.45, 7) is 7.34. The van der Waals surface area contributed by atoms with E-state index >= 15 is 0 Å². The van der Waals surface area contributed by atoms with Gasteiger partial charge in [-0.2, -0.15) is 13.2 Å². The van der Waals surface area contributed by atoms with Crippen LogP contribution >= 0.6 is 0 Å². The molecule has 11 heteroatoms. The number of carbonyl (C=O) groups is 1. The van der Waals surface area contributed by atoms with Crippen LogP contribution in [-0.4, -0.2) is 67.4 Å². The molecule has 2 aliphatic rings. The smallest absolute Gasteiger partial charge is 0.416 e. The van der Waals surface area contributed by atoms with E-state index in [2.05, 4.69) is 29.1 Å². The molecule has 0 spiro atoms. The van der Waals surface area contributed by atoms with Gasteiger partial charge in [0.2, 0.25) is 0 Å². The molecule has 2 aromatic rings. The Morgan fingerprint density at radius 3 is 2.56 bits per heavy atom. The fourth-order valence-corrected chi connectivity index (χ4v) is 4.80. The molecule has 0 radical (unpaired) electrons. The number of benzene rings is 1. The summed E-state index contributed by atoms with van der Waals surface area (Å²) in [7, 11) is 3.15. The molecular formula is C28H39F3N4O4. The zero-order valence-corrected chi connectivity index (χ0v) is 23.1. The van der Waals surface area contributed by atoms with Crippen LogP contribution in [0.3, 0.4) is 0 Å². The monoisotopic (exact) mass is 552 g/mol. The van der Waals surface area contributed by atoms with Crippen LogP contribution in [-0.2, 0) is 15.7 Å². The van der Waals surface area contributed by atoms with Crippen molar-refractivity contribution in [1.82, 2.24) is 14.9 Å². The Labute approximate surface area is 228 Å². The molecule has 1 aromatic carbocycles. The van der Waals surface area contributed by atoms with Gasteiger partial charge in [0.15, 0.2) is 17.3 Å². The minimum atomic E-state index is -4.46. The predicted octanol–water partition coefficient (Wildman–Crippen LogP) is 5.96. The second-order valence-electron chi connectivity index (χ2n) is 9.97. The maximum atomic E-state index is 12.9. The Morgan fingerprint density at radius 2 is 1.92 bits per heavy atom. The summed E-state index contributed by atoms with van der Waals surface area (Å²) in [4.78, 5) is 22.7. The van der Waals surface area contributed by atoms with Gasteiger partial charge in [0.05, 0.1) is 25.4 Å². The third kappa shape index (κ3) is 8.53. The maximum Gasteiger partial charge on any atom is 0.416 e. The van der Waals surface area contributed by atoms with E-state index in [0.29, 0.717) is 25.1 Å². The molecule has 216 valence electrons. The first-order valence-corrected chi connectivity index (χ1v) is 13.4. The van der Waals surface area contributed by atoms with Gasteiger partial charge in [-0.15, -0.1) is 0 Å². The lowest BCUT2D eigenvalue weighted by atomic mass is 9.92. The summed E-state index contributed by atoms with van der Waals surface area (Å²) in [5, 5.41) is 2.79. The number of anilines is 2. The fraction of sp³-hybridized carbons (Fsp3) is 0.607. The number of hydrogen-bond donors (Lipinski definition) is 1. The van der Waals surface area contributed by atoms with Crippen LogP contribution in [0.25, 0.3) is 0 Å². The Morgan fingerprint density at radius 1 is 1.18 bits per heavy atom. The number of methoxy groups -OCH3 is 2. The summed E-state index contributed by atoms with van der Waals surface area (Å²) in [5.41, 5.74) is -0.525.